The van der Waals surface area contributed by atoms with Crippen LogP contribution >= 0.6 is 0 Å². The van der Waals surface area contributed by atoms with E-state index in [1.807, 2.05) is 37.3 Å². The molecule has 1 N–H and O–H groups in total. The molecule has 1 fully saturated rings. The van der Waals surface area contributed by atoms with Crippen molar-refractivity contribution in [2.45, 2.75) is 13.8 Å². The van der Waals surface area contributed by atoms with Crippen molar-refractivity contribution in [3.63, 3.8) is 0 Å². The number of rotatable bonds is 4. The topological polar surface area (TPSA) is 48.5 Å². The van der Waals surface area contributed by atoms with Crippen molar-refractivity contribution < 1.29 is 4.79 Å². The van der Waals surface area contributed by atoms with Crippen molar-refractivity contribution in [2.75, 3.05) is 41.3 Å². The first-order chi connectivity index (χ1) is 14.1. The molecule has 1 saturated heterocycles. The quantitative estimate of drug-likeness (QED) is 0.727. The van der Waals surface area contributed by atoms with Crippen LogP contribution in [0.1, 0.15) is 21.5 Å². The summed E-state index contributed by atoms with van der Waals surface area (Å²) >= 11 is 0. The molecule has 4 rings (SSSR count). The number of hydrogen-bond donors (Lipinski definition) is 1. The zero-order valence-electron chi connectivity index (χ0n) is 16.9. The monoisotopic (exact) mass is 386 g/mol. The lowest BCUT2D eigenvalue weighted by atomic mass is 10.1. The van der Waals surface area contributed by atoms with Gasteiger partial charge in [0.05, 0.1) is 0 Å². The lowest BCUT2D eigenvalue weighted by Crippen LogP contribution is -2.46. The molecule has 148 valence electrons. The van der Waals surface area contributed by atoms with E-state index in [2.05, 4.69) is 51.3 Å². The summed E-state index contributed by atoms with van der Waals surface area (Å²) in [5.41, 5.74) is 5.05. The van der Waals surface area contributed by atoms with Gasteiger partial charge in [-0.3, -0.25) is 4.79 Å². The highest BCUT2D eigenvalue weighted by Gasteiger charge is 2.19. The first-order valence-electron chi connectivity index (χ1n) is 10.00. The Balaban J connectivity index is 1.43. The van der Waals surface area contributed by atoms with Gasteiger partial charge in [-0.05, 0) is 55.3 Å². The molecule has 5 nitrogen and oxygen atoms in total. The van der Waals surface area contributed by atoms with Crippen LogP contribution < -0.4 is 15.1 Å². The van der Waals surface area contributed by atoms with Crippen LogP contribution in [0.15, 0.2) is 66.9 Å². The second-order valence-electron chi connectivity index (χ2n) is 7.48. The number of hydrogen-bond acceptors (Lipinski definition) is 4. The van der Waals surface area contributed by atoms with E-state index < -0.39 is 0 Å². The van der Waals surface area contributed by atoms with Gasteiger partial charge in [0, 0.05) is 49.3 Å². The Hall–Kier alpha value is -3.34. The second-order valence-corrected chi connectivity index (χ2v) is 7.48. The van der Waals surface area contributed by atoms with E-state index in [4.69, 9.17) is 0 Å². The number of nitrogens with zero attached hydrogens (tertiary/aromatic N) is 3. The van der Waals surface area contributed by atoms with Crippen LogP contribution in [0.25, 0.3) is 0 Å². The SMILES string of the molecule is Cc1cccc(N2CCN(c3cc(C(=O)Nc4ccccc4C)ccn3)CC2)c1. The standard InChI is InChI=1S/C24H26N4O/c1-18-6-5-8-21(16-18)27-12-14-28(15-13-27)23-17-20(10-11-25-23)24(29)26-22-9-4-3-7-19(22)2/h3-11,16-17H,12-15H2,1-2H3,(H,26,29). The van der Waals surface area contributed by atoms with Crippen LogP contribution in [-0.2, 0) is 0 Å². The lowest BCUT2D eigenvalue weighted by Gasteiger charge is -2.37. The molecule has 0 unspecified atom stereocenters. The number of aromatic nitrogens is 1. The number of carbonyl (C=O) groups excluding carboxylic acids is 1. The van der Waals surface area contributed by atoms with Crippen LogP contribution in [-0.4, -0.2) is 37.1 Å². The summed E-state index contributed by atoms with van der Waals surface area (Å²) in [7, 11) is 0. The number of pyridine rings is 1. The number of amides is 1. The smallest absolute Gasteiger partial charge is 0.255 e. The maximum atomic E-state index is 12.7. The molecule has 2 heterocycles. The molecular weight excluding hydrogens is 360 g/mol. The molecule has 0 bridgehead atoms. The van der Waals surface area contributed by atoms with E-state index in [0.29, 0.717) is 5.56 Å². The van der Waals surface area contributed by atoms with Gasteiger partial charge < -0.3 is 15.1 Å². The van der Waals surface area contributed by atoms with E-state index in [1.54, 1.807) is 12.3 Å². The predicted molar refractivity (Wildman–Crippen MR) is 119 cm³/mol. The maximum absolute atomic E-state index is 12.7. The number of para-hydroxylation sites is 1. The third-order valence-corrected chi connectivity index (χ3v) is 5.37. The van der Waals surface area contributed by atoms with E-state index >= 15 is 0 Å². The summed E-state index contributed by atoms with van der Waals surface area (Å²) in [5, 5.41) is 3.00. The Bertz CT molecular complexity index is 1010. The number of carbonyl (C=O) groups is 1. The van der Waals surface area contributed by atoms with E-state index in [-0.39, 0.29) is 5.91 Å². The fraction of sp³-hybridized carbons (Fsp3) is 0.250. The summed E-state index contributed by atoms with van der Waals surface area (Å²) in [4.78, 5) is 21.9. The molecule has 0 spiro atoms. The lowest BCUT2D eigenvalue weighted by molar-refractivity contribution is 0.102. The first kappa shape index (κ1) is 19.0. The van der Waals surface area contributed by atoms with Crippen LogP contribution in [0, 0.1) is 13.8 Å². The van der Waals surface area contributed by atoms with Gasteiger partial charge in [0.25, 0.3) is 5.91 Å². The zero-order chi connectivity index (χ0) is 20.2. The average Bonchev–Trinajstić information content (AvgIpc) is 2.75. The molecule has 2 aromatic carbocycles. The number of aryl methyl sites for hydroxylation is 2. The molecule has 0 aliphatic carbocycles. The van der Waals surface area contributed by atoms with Crippen LogP contribution in [0.2, 0.25) is 0 Å². The summed E-state index contributed by atoms with van der Waals surface area (Å²) in [5.74, 6) is 0.743. The number of piperazine rings is 1. The average molecular weight is 386 g/mol. The summed E-state index contributed by atoms with van der Waals surface area (Å²) < 4.78 is 0. The fourth-order valence-electron chi connectivity index (χ4n) is 3.66. The molecule has 0 atom stereocenters. The molecule has 1 aromatic heterocycles. The highest BCUT2D eigenvalue weighted by atomic mass is 16.1. The van der Waals surface area contributed by atoms with Gasteiger partial charge in [0.2, 0.25) is 0 Å². The Morgan fingerprint density at radius 1 is 0.897 bits per heavy atom. The largest absolute Gasteiger partial charge is 0.368 e. The van der Waals surface area contributed by atoms with Crippen molar-refractivity contribution in [1.29, 1.82) is 0 Å². The van der Waals surface area contributed by atoms with Crippen LogP contribution in [0.3, 0.4) is 0 Å². The highest BCUT2D eigenvalue weighted by Crippen LogP contribution is 2.21. The fourth-order valence-corrected chi connectivity index (χ4v) is 3.66. The van der Waals surface area contributed by atoms with Gasteiger partial charge >= 0.3 is 0 Å². The minimum Gasteiger partial charge on any atom is -0.368 e. The van der Waals surface area contributed by atoms with Crippen LogP contribution in [0.5, 0.6) is 0 Å². The first-order valence-corrected chi connectivity index (χ1v) is 10.00. The van der Waals surface area contributed by atoms with Crippen molar-refractivity contribution in [1.82, 2.24) is 4.98 Å². The van der Waals surface area contributed by atoms with E-state index in [0.717, 1.165) is 43.2 Å². The maximum Gasteiger partial charge on any atom is 0.255 e. The van der Waals surface area contributed by atoms with Gasteiger partial charge in [-0.25, -0.2) is 4.98 Å². The molecule has 1 aliphatic rings. The van der Waals surface area contributed by atoms with Gasteiger partial charge in [-0.1, -0.05) is 30.3 Å². The van der Waals surface area contributed by atoms with Crippen LogP contribution in [0.4, 0.5) is 17.2 Å². The second kappa shape index (κ2) is 8.35. The molecular formula is C24H26N4O. The molecule has 1 amide bonds. The Morgan fingerprint density at radius 2 is 1.66 bits per heavy atom. The summed E-state index contributed by atoms with van der Waals surface area (Å²) in [6, 6.07) is 20.1. The van der Waals surface area contributed by atoms with Crippen molar-refractivity contribution in [3.8, 4) is 0 Å². The molecule has 0 saturated carbocycles. The highest BCUT2D eigenvalue weighted by molar-refractivity contribution is 6.05. The predicted octanol–water partition coefficient (Wildman–Crippen LogP) is 4.28. The Morgan fingerprint density at radius 3 is 2.41 bits per heavy atom. The van der Waals surface area contributed by atoms with Gasteiger partial charge in [-0.15, -0.1) is 0 Å². The summed E-state index contributed by atoms with van der Waals surface area (Å²) in [6.07, 6.45) is 1.72. The number of nitrogens with one attached hydrogen (secondary N) is 1. The van der Waals surface area contributed by atoms with Crippen molar-refractivity contribution in [2.24, 2.45) is 0 Å². The van der Waals surface area contributed by atoms with E-state index in [9.17, 15) is 4.79 Å². The number of benzene rings is 2. The molecule has 1 aliphatic heterocycles. The Labute approximate surface area is 172 Å². The molecule has 0 radical (unpaired) electrons. The third kappa shape index (κ3) is 4.40. The minimum atomic E-state index is -0.110. The summed E-state index contributed by atoms with van der Waals surface area (Å²) in [6.45, 7) is 7.74. The van der Waals surface area contributed by atoms with Crippen molar-refractivity contribution >= 4 is 23.1 Å². The molecule has 5 heteroatoms. The third-order valence-electron chi connectivity index (χ3n) is 5.37. The van der Waals surface area contributed by atoms with E-state index in [1.165, 1.54) is 11.3 Å². The minimum absolute atomic E-state index is 0.110. The zero-order valence-corrected chi connectivity index (χ0v) is 16.9. The van der Waals surface area contributed by atoms with Crippen molar-refractivity contribution in [3.05, 3.63) is 83.6 Å². The van der Waals surface area contributed by atoms with Gasteiger partial charge in [0.1, 0.15) is 5.82 Å². The molecule has 3 aromatic rings. The van der Waals surface area contributed by atoms with Gasteiger partial charge in [-0.2, -0.15) is 0 Å². The van der Waals surface area contributed by atoms with Gasteiger partial charge in [0.15, 0.2) is 0 Å². The Kier molecular flexibility index (Phi) is 5.47. The normalized spacial score (nSPS) is 14.0. The number of anilines is 3. The molecule has 29 heavy (non-hydrogen) atoms.